The third-order valence-corrected chi connectivity index (χ3v) is 7.70. The van der Waals surface area contributed by atoms with E-state index in [9.17, 15) is 4.79 Å². The first-order chi connectivity index (χ1) is 13.7. The van der Waals surface area contributed by atoms with Crippen molar-refractivity contribution in [3.8, 4) is 17.6 Å². The summed E-state index contributed by atoms with van der Waals surface area (Å²) in [6, 6.07) is 8.48. The highest BCUT2D eigenvalue weighted by atomic mass is 32.2. The van der Waals surface area contributed by atoms with Crippen LogP contribution in [0.2, 0.25) is 0 Å². The van der Waals surface area contributed by atoms with Crippen molar-refractivity contribution >= 4 is 17.7 Å². The number of carbonyl (C=O) groups is 1. The summed E-state index contributed by atoms with van der Waals surface area (Å²) in [5, 5.41) is 3.49. The van der Waals surface area contributed by atoms with Gasteiger partial charge in [-0.3, -0.25) is 9.69 Å². The van der Waals surface area contributed by atoms with E-state index in [2.05, 4.69) is 34.2 Å². The average Bonchev–Trinajstić information content (AvgIpc) is 3.33. The lowest BCUT2D eigenvalue weighted by atomic mass is 10.0. The van der Waals surface area contributed by atoms with Crippen LogP contribution >= 0.6 is 11.8 Å². The first-order valence-electron chi connectivity index (χ1n) is 10.2. The van der Waals surface area contributed by atoms with Crippen molar-refractivity contribution in [2.24, 2.45) is 0 Å². The first-order valence-corrected chi connectivity index (χ1v) is 11.2. The fraction of sp³-hybridized carbons (Fsp3) is 0.591. The van der Waals surface area contributed by atoms with E-state index in [1.165, 1.54) is 18.4 Å². The molecule has 1 aliphatic carbocycles. The predicted molar refractivity (Wildman–Crippen MR) is 113 cm³/mol. The summed E-state index contributed by atoms with van der Waals surface area (Å²) in [6.45, 7) is 4.10. The molecule has 0 radical (unpaired) electrons. The molecule has 2 heterocycles. The topological polar surface area (TPSA) is 44.8 Å². The van der Waals surface area contributed by atoms with Gasteiger partial charge in [-0.2, -0.15) is 0 Å². The van der Waals surface area contributed by atoms with Crippen LogP contribution in [0, 0.1) is 11.8 Å². The molecule has 1 amide bonds. The fourth-order valence-corrected chi connectivity index (χ4v) is 6.08. The van der Waals surface area contributed by atoms with Crippen LogP contribution in [0.3, 0.4) is 0 Å². The molecule has 3 fully saturated rings. The summed E-state index contributed by atoms with van der Waals surface area (Å²) in [5.74, 6) is 8.46. The number of hydrogen-bond acceptors (Lipinski definition) is 5. The average molecular weight is 400 g/mol. The van der Waals surface area contributed by atoms with Gasteiger partial charge in [0.05, 0.1) is 36.9 Å². The number of nitrogens with zero attached hydrogens (tertiary/aromatic N) is 2. The van der Waals surface area contributed by atoms with Gasteiger partial charge in [0.2, 0.25) is 5.91 Å². The van der Waals surface area contributed by atoms with E-state index in [-0.39, 0.29) is 16.8 Å². The smallest absolute Gasteiger partial charge is 0.234 e. The molecule has 1 unspecified atom stereocenters. The molecule has 5 nitrogen and oxygen atoms in total. The van der Waals surface area contributed by atoms with Crippen LogP contribution in [0.25, 0.3) is 0 Å². The van der Waals surface area contributed by atoms with Crippen molar-refractivity contribution < 1.29 is 9.53 Å². The van der Waals surface area contributed by atoms with Gasteiger partial charge >= 0.3 is 0 Å². The number of methoxy groups -OCH3 is 1. The van der Waals surface area contributed by atoms with Gasteiger partial charge < -0.3 is 15.0 Å². The van der Waals surface area contributed by atoms with Gasteiger partial charge in [0, 0.05) is 25.2 Å². The van der Waals surface area contributed by atoms with E-state index in [1.54, 1.807) is 7.11 Å². The van der Waals surface area contributed by atoms with Crippen molar-refractivity contribution in [1.29, 1.82) is 0 Å². The van der Waals surface area contributed by atoms with Crippen LogP contribution in [0.1, 0.15) is 37.3 Å². The van der Waals surface area contributed by atoms with Gasteiger partial charge in [-0.15, -0.1) is 11.8 Å². The Morgan fingerprint density at radius 2 is 2.04 bits per heavy atom. The molecule has 3 aliphatic rings. The Bertz CT molecular complexity index is 767. The molecule has 6 heteroatoms. The van der Waals surface area contributed by atoms with Crippen molar-refractivity contribution in [2.45, 2.75) is 36.6 Å². The molecule has 2 saturated heterocycles. The fourth-order valence-electron chi connectivity index (χ4n) is 4.63. The first kappa shape index (κ1) is 19.6. The molecule has 0 bridgehead atoms. The van der Waals surface area contributed by atoms with Crippen LogP contribution in [0.15, 0.2) is 24.3 Å². The summed E-state index contributed by atoms with van der Waals surface area (Å²) in [5.41, 5.74) is 1.20. The van der Waals surface area contributed by atoms with Crippen LogP contribution in [0.5, 0.6) is 5.75 Å². The predicted octanol–water partition coefficient (Wildman–Crippen LogP) is 2.49. The number of benzene rings is 1. The lowest BCUT2D eigenvalue weighted by Gasteiger charge is -2.36. The second-order valence-electron chi connectivity index (χ2n) is 7.71. The molecular weight excluding hydrogens is 370 g/mol. The number of thioether (sulfide) groups is 1. The van der Waals surface area contributed by atoms with Crippen LogP contribution in [0.4, 0.5) is 0 Å². The van der Waals surface area contributed by atoms with E-state index >= 15 is 0 Å². The normalized spacial score (nSPS) is 24.4. The van der Waals surface area contributed by atoms with Gasteiger partial charge in [0.1, 0.15) is 5.75 Å². The quantitative estimate of drug-likeness (QED) is 0.788. The van der Waals surface area contributed by atoms with Crippen LogP contribution in [-0.4, -0.2) is 66.2 Å². The number of ether oxygens (including phenoxy) is 1. The maximum absolute atomic E-state index is 12.3. The number of para-hydroxylation sites is 1. The largest absolute Gasteiger partial charge is 0.496 e. The molecule has 1 atom stereocenters. The lowest BCUT2D eigenvalue weighted by Crippen LogP contribution is -2.46. The van der Waals surface area contributed by atoms with Gasteiger partial charge in [-0.1, -0.05) is 42.9 Å². The number of piperazine rings is 1. The second-order valence-corrected chi connectivity index (χ2v) is 9.05. The molecule has 1 spiro atoms. The number of nitrogens with one attached hydrogen (secondary N) is 1. The third-order valence-electron chi connectivity index (χ3n) is 6.14. The minimum Gasteiger partial charge on any atom is -0.496 e. The Balaban J connectivity index is 1.42. The zero-order valence-electron chi connectivity index (χ0n) is 16.6. The third kappa shape index (κ3) is 3.89. The number of amides is 1. The van der Waals surface area contributed by atoms with Gasteiger partial charge in [0.15, 0.2) is 0 Å². The van der Waals surface area contributed by atoms with Crippen molar-refractivity contribution in [3.63, 3.8) is 0 Å². The molecule has 150 valence electrons. The molecule has 2 aliphatic heterocycles. The number of carbonyl (C=O) groups excluding carboxylic acids is 1. The minimum atomic E-state index is 0.0424. The Morgan fingerprint density at radius 3 is 2.86 bits per heavy atom. The summed E-state index contributed by atoms with van der Waals surface area (Å²) >= 11 is 1.83. The molecule has 0 aromatic heterocycles. The number of rotatable bonds is 4. The Labute approximate surface area is 172 Å². The van der Waals surface area contributed by atoms with Crippen molar-refractivity contribution in [1.82, 2.24) is 15.1 Å². The standard InChI is InChI=1S/C22H29N3O2S/c1-27-20-9-3-2-8-18(20)19-16-23-12-15-24(19)13-6-7-14-25-21(26)17-28-22(25)10-4-5-11-22/h2-3,8-9,19,23H,4-5,10-17H2,1H3. The highest BCUT2D eigenvalue weighted by Gasteiger charge is 2.47. The zero-order chi connectivity index (χ0) is 19.4. The Kier molecular flexibility index (Phi) is 6.15. The van der Waals surface area contributed by atoms with E-state index in [0.29, 0.717) is 18.8 Å². The van der Waals surface area contributed by atoms with Crippen LogP contribution in [-0.2, 0) is 4.79 Å². The van der Waals surface area contributed by atoms with Crippen LogP contribution < -0.4 is 10.1 Å². The lowest BCUT2D eigenvalue weighted by molar-refractivity contribution is -0.129. The Morgan fingerprint density at radius 1 is 1.25 bits per heavy atom. The van der Waals surface area contributed by atoms with E-state index in [0.717, 1.165) is 38.2 Å². The second kappa shape index (κ2) is 8.77. The van der Waals surface area contributed by atoms with Gasteiger partial charge in [-0.05, 0) is 18.9 Å². The minimum absolute atomic E-state index is 0.0424. The monoisotopic (exact) mass is 399 g/mol. The molecular formula is C22H29N3O2S. The Hall–Kier alpha value is -1.68. The van der Waals surface area contributed by atoms with E-state index in [4.69, 9.17) is 4.74 Å². The molecule has 1 aromatic carbocycles. The van der Waals surface area contributed by atoms with Crippen molar-refractivity contribution in [2.75, 3.05) is 45.6 Å². The van der Waals surface area contributed by atoms with Crippen molar-refractivity contribution in [3.05, 3.63) is 29.8 Å². The SMILES string of the molecule is COc1ccccc1C1CNCCN1CC#CCN1C(=O)CSC12CCCC2. The highest BCUT2D eigenvalue weighted by molar-refractivity contribution is 8.01. The molecule has 28 heavy (non-hydrogen) atoms. The molecule has 4 rings (SSSR count). The molecule has 1 aromatic rings. The maximum atomic E-state index is 12.3. The summed E-state index contributed by atoms with van der Waals surface area (Å²) in [6.07, 6.45) is 4.70. The van der Waals surface area contributed by atoms with E-state index in [1.807, 2.05) is 28.8 Å². The van der Waals surface area contributed by atoms with Gasteiger partial charge in [0.25, 0.3) is 0 Å². The highest BCUT2D eigenvalue weighted by Crippen LogP contribution is 2.48. The zero-order valence-corrected chi connectivity index (χ0v) is 17.4. The summed E-state index contributed by atoms with van der Waals surface area (Å²) in [7, 11) is 1.73. The summed E-state index contributed by atoms with van der Waals surface area (Å²) < 4.78 is 5.57. The van der Waals surface area contributed by atoms with E-state index < -0.39 is 0 Å². The maximum Gasteiger partial charge on any atom is 0.234 e. The van der Waals surface area contributed by atoms with Gasteiger partial charge in [-0.25, -0.2) is 0 Å². The molecule has 1 saturated carbocycles. The molecule has 1 N–H and O–H groups in total. The summed E-state index contributed by atoms with van der Waals surface area (Å²) in [4.78, 5) is 16.8. The number of hydrogen-bond donors (Lipinski definition) is 1.